The number of likely N-dealkylation sites (N-methyl/N-ethyl adjacent to an activating group) is 1. The molecule has 1 saturated heterocycles. The van der Waals surface area contributed by atoms with Gasteiger partial charge in [0.15, 0.2) is 0 Å². The maximum absolute atomic E-state index is 5.80. The fraction of sp³-hybridized carbons (Fsp3) is 0.727. The summed E-state index contributed by atoms with van der Waals surface area (Å²) in [5, 5.41) is 1.25. The predicted molar refractivity (Wildman–Crippen MR) is 70.2 cm³/mol. The molecular weight excluding hydrogens is 220 g/mol. The summed E-state index contributed by atoms with van der Waals surface area (Å²) in [5.74, 6) is 0.687. The van der Waals surface area contributed by atoms with Crippen LogP contribution in [0.4, 0.5) is 10.8 Å². The van der Waals surface area contributed by atoms with Crippen LogP contribution < -0.4 is 10.6 Å². The highest BCUT2D eigenvalue weighted by Crippen LogP contribution is 2.31. The number of rotatable bonds is 2. The lowest BCUT2D eigenvalue weighted by molar-refractivity contribution is 0.214. The zero-order chi connectivity index (χ0) is 11.7. The van der Waals surface area contributed by atoms with Crippen molar-refractivity contribution in [3.8, 4) is 0 Å². The van der Waals surface area contributed by atoms with Crippen LogP contribution in [0.15, 0.2) is 0 Å². The van der Waals surface area contributed by atoms with Crippen molar-refractivity contribution in [2.24, 2.45) is 0 Å². The topological polar surface area (TPSA) is 45.4 Å². The molecule has 0 saturated carbocycles. The molecule has 0 spiro atoms. The van der Waals surface area contributed by atoms with Crippen molar-refractivity contribution in [1.82, 2.24) is 9.27 Å². The highest BCUT2D eigenvalue weighted by molar-refractivity contribution is 7.10. The molecule has 0 bridgehead atoms. The first-order valence-electron chi connectivity index (χ1n) is 5.80. The van der Waals surface area contributed by atoms with E-state index in [0.717, 1.165) is 25.2 Å². The molecule has 0 aromatic carbocycles. The second-order valence-corrected chi connectivity index (χ2v) is 5.24. The minimum atomic E-state index is 0.650. The number of aromatic nitrogens is 1. The summed E-state index contributed by atoms with van der Waals surface area (Å²) in [7, 11) is 2.21. The summed E-state index contributed by atoms with van der Waals surface area (Å²) < 4.78 is 4.23. The van der Waals surface area contributed by atoms with Gasteiger partial charge in [0.2, 0.25) is 0 Å². The largest absolute Gasteiger partial charge is 0.383 e. The quantitative estimate of drug-likeness (QED) is 0.852. The average molecular weight is 240 g/mol. The van der Waals surface area contributed by atoms with Crippen molar-refractivity contribution < 1.29 is 0 Å². The number of nitrogen functional groups attached to an aromatic ring is 1. The molecule has 0 radical (unpaired) electrons. The summed E-state index contributed by atoms with van der Waals surface area (Å²) >= 11 is 1.53. The SMILES string of the molecule is CCC1CN(c2snc(N)c2C)CCN1C. The Labute approximate surface area is 101 Å². The molecule has 1 aromatic rings. The summed E-state index contributed by atoms with van der Waals surface area (Å²) in [5.41, 5.74) is 6.95. The lowest BCUT2D eigenvalue weighted by Gasteiger charge is -2.39. The Morgan fingerprint density at radius 2 is 2.25 bits per heavy atom. The van der Waals surface area contributed by atoms with Gasteiger partial charge in [0, 0.05) is 31.2 Å². The molecule has 0 amide bonds. The first-order valence-corrected chi connectivity index (χ1v) is 6.57. The van der Waals surface area contributed by atoms with Gasteiger partial charge >= 0.3 is 0 Å². The van der Waals surface area contributed by atoms with E-state index in [1.807, 2.05) is 0 Å². The van der Waals surface area contributed by atoms with Crippen molar-refractivity contribution in [3.63, 3.8) is 0 Å². The third kappa shape index (κ3) is 2.01. The van der Waals surface area contributed by atoms with E-state index in [-0.39, 0.29) is 0 Å². The van der Waals surface area contributed by atoms with Crippen molar-refractivity contribution in [3.05, 3.63) is 5.56 Å². The van der Waals surface area contributed by atoms with Crippen LogP contribution in [0.25, 0.3) is 0 Å². The molecule has 1 aromatic heterocycles. The lowest BCUT2D eigenvalue weighted by Crippen LogP contribution is -2.51. The first kappa shape index (κ1) is 11.7. The Balaban J connectivity index is 2.14. The Hall–Kier alpha value is -0.810. The zero-order valence-corrected chi connectivity index (χ0v) is 11.0. The molecule has 2 heterocycles. The molecule has 1 atom stereocenters. The maximum atomic E-state index is 5.80. The van der Waals surface area contributed by atoms with Gasteiger partial charge in [-0.3, -0.25) is 4.90 Å². The molecule has 1 unspecified atom stereocenters. The highest BCUT2D eigenvalue weighted by Gasteiger charge is 2.25. The van der Waals surface area contributed by atoms with Gasteiger partial charge in [-0.2, -0.15) is 4.37 Å². The number of nitrogens with two attached hydrogens (primary N) is 1. The Bertz CT molecular complexity index is 363. The minimum Gasteiger partial charge on any atom is -0.383 e. The van der Waals surface area contributed by atoms with Gasteiger partial charge < -0.3 is 10.6 Å². The van der Waals surface area contributed by atoms with Crippen LogP contribution in [0.2, 0.25) is 0 Å². The van der Waals surface area contributed by atoms with E-state index in [9.17, 15) is 0 Å². The van der Waals surface area contributed by atoms with Crippen LogP contribution in [-0.2, 0) is 0 Å². The van der Waals surface area contributed by atoms with Crippen LogP contribution in [0.1, 0.15) is 18.9 Å². The number of nitrogens with zero attached hydrogens (tertiary/aromatic N) is 3. The Kier molecular flexibility index (Phi) is 3.35. The van der Waals surface area contributed by atoms with E-state index in [0.29, 0.717) is 11.9 Å². The van der Waals surface area contributed by atoms with E-state index in [4.69, 9.17) is 5.73 Å². The van der Waals surface area contributed by atoms with E-state index in [1.54, 1.807) is 0 Å². The highest BCUT2D eigenvalue weighted by atomic mass is 32.1. The van der Waals surface area contributed by atoms with E-state index in [1.165, 1.54) is 23.0 Å². The maximum Gasteiger partial charge on any atom is 0.142 e. The predicted octanol–water partition coefficient (Wildman–Crippen LogP) is 1.56. The summed E-state index contributed by atoms with van der Waals surface area (Å²) in [6, 6.07) is 0.650. The monoisotopic (exact) mass is 240 g/mol. The van der Waals surface area contributed by atoms with Crippen LogP contribution in [-0.4, -0.2) is 42.0 Å². The summed E-state index contributed by atoms with van der Waals surface area (Å²) in [6.45, 7) is 7.60. The van der Waals surface area contributed by atoms with Crippen molar-refractivity contribution >= 4 is 22.4 Å². The second-order valence-electron chi connectivity index (χ2n) is 4.49. The molecule has 2 rings (SSSR count). The van der Waals surface area contributed by atoms with Gasteiger partial charge in [0.05, 0.1) is 0 Å². The number of piperazine rings is 1. The molecule has 0 aliphatic carbocycles. The number of hydrogen-bond donors (Lipinski definition) is 1. The van der Waals surface area contributed by atoms with E-state index in [2.05, 4.69) is 35.1 Å². The van der Waals surface area contributed by atoms with Crippen LogP contribution in [0.3, 0.4) is 0 Å². The first-order chi connectivity index (χ1) is 7.63. The average Bonchev–Trinajstić information content (AvgIpc) is 2.61. The Morgan fingerprint density at radius 1 is 1.50 bits per heavy atom. The van der Waals surface area contributed by atoms with E-state index >= 15 is 0 Å². The smallest absolute Gasteiger partial charge is 0.142 e. The molecule has 1 fully saturated rings. The molecule has 2 N–H and O–H groups in total. The standard InChI is InChI=1S/C11H20N4S/c1-4-9-7-15(6-5-14(9)3)11-8(2)10(12)13-16-11/h9H,4-7H2,1-3H3,(H2,12,13). The zero-order valence-electron chi connectivity index (χ0n) is 10.2. The van der Waals surface area contributed by atoms with Crippen LogP contribution in [0.5, 0.6) is 0 Å². The fourth-order valence-corrected chi connectivity index (χ4v) is 3.05. The second kappa shape index (κ2) is 4.59. The van der Waals surface area contributed by atoms with Crippen LogP contribution in [0, 0.1) is 6.92 Å². The molecule has 4 nitrogen and oxygen atoms in total. The van der Waals surface area contributed by atoms with E-state index < -0.39 is 0 Å². The van der Waals surface area contributed by atoms with Crippen LogP contribution >= 0.6 is 11.5 Å². The normalized spacial score (nSPS) is 22.7. The van der Waals surface area contributed by atoms with Gasteiger partial charge in [0.25, 0.3) is 0 Å². The van der Waals surface area contributed by atoms with Crippen molar-refractivity contribution in [2.75, 3.05) is 37.3 Å². The molecule has 1 aliphatic heterocycles. The molecular formula is C11H20N4S. The number of hydrogen-bond acceptors (Lipinski definition) is 5. The summed E-state index contributed by atoms with van der Waals surface area (Å²) in [6.07, 6.45) is 1.19. The molecule has 5 heteroatoms. The third-order valence-electron chi connectivity index (χ3n) is 3.47. The fourth-order valence-electron chi connectivity index (χ4n) is 2.21. The van der Waals surface area contributed by atoms with Gasteiger partial charge in [-0.1, -0.05) is 6.92 Å². The molecule has 90 valence electrons. The molecule has 16 heavy (non-hydrogen) atoms. The lowest BCUT2D eigenvalue weighted by atomic mass is 10.1. The van der Waals surface area contributed by atoms with Crippen molar-refractivity contribution in [1.29, 1.82) is 0 Å². The van der Waals surface area contributed by atoms with Gasteiger partial charge in [-0.15, -0.1) is 0 Å². The van der Waals surface area contributed by atoms with Crippen molar-refractivity contribution in [2.45, 2.75) is 26.3 Å². The summed E-state index contributed by atoms with van der Waals surface area (Å²) in [4.78, 5) is 4.87. The minimum absolute atomic E-state index is 0.650. The van der Waals surface area contributed by atoms with Gasteiger partial charge in [0.1, 0.15) is 10.8 Å². The Morgan fingerprint density at radius 3 is 2.81 bits per heavy atom. The van der Waals surface area contributed by atoms with Gasteiger partial charge in [-0.25, -0.2) is 0 Å². The number of anilines is 2. The van der Waals surface area contributed by atoms with Gasteiger partial charge in [-0.05, 0) is 31.9 Å². The third-order valence-corrected chi connectivity index (χ3v) is 4.50. The molecule has 1 aliphatic rings.